The summed E-state index contributed by atoms with van der Waals surface area (Å²) >= 11 is 0. The molecule has 0 bridgehead atoms. The lowest BCUT2D eigenvalue weighted by atomic mass is 10.1. The van der Waals surface area contributed by atoms with Crippen molar-refractivity contribution < 1.29 is 9.53 Å². The monoisotopic (exact) mass is 306 g/mol. The Morgan fingerprint density at radius 1 is 1.23 bits per heavy atom. The van der Waals surface area contributed by atoms with E-state index < -0.39 is 5.60 Å². The van der Waals surface area contributed by atoms with Gasteiger partial charge in [-0.1, -0.05) is 0 Å². The predicted molar refractivity (Wildman–Crippen MR) is 89.9 cm³/mol. The molecule has 1 aromatic carbocycles. The quantitative estimate of drug-likeness (QED) is 0.778. The zero-order valence-corrected chi connectivity index (χ0v) is 13.8. The highest BCUT2D eigenvalue weighted by atomic mass is 16.6. The molecule has 6 heteroatoms. The minimum Gasteiger partial charge on any atom is -0.444 e. The van der Waals surface area contributed by atoms with Crippen LogP contribution in [0.25, 0.3) is 0 Å². The van der Waals surface area contributed by atoms with Crippen LogP contribution in [-0.4, -0.2) is 42.3 Å². The van der Waals surface area contributed by atoms with Gasteiger partial charge >= 0.3 is 6.09 Å². The number of nitrogen functional groups attached to an aromatic ring is 2. The molecule has 1 aliphatic heterocycles. The average Bonchev–Trinajstić information content (AvgIpc) is 2.40. The van der Waals surface area contributed by atoms with Crippen molar-refractivity contribution in [2.45, 2.75) is 39.3 Å². The molecule has 1 heterocycles. The molecule has 1 saturated heterocycles. The summed E-state index contributed by atoms with van der Waals surface area (Å²) in [5.41, 5.74) is 13.4. The molecule has 22 heavy (non-hydrogen) atoms. The first-order valence-electron chi connectivity index (χ1n) is 7.57. The number of nitrogens with zero attached hydrogens (tertiary/aromatic N) is 2. The van der Waals surface area contributed by atoms with Crippen LogP contribution in [0.3, 0.4) is 0 Å². The van der Waals surface area contributed by atoms with E-state index in [2.05, 4.69) is 11.8 Å². The number of nitrogens with two attached hydrogens (primary N) is 2. The predicted octanol–water partition coefficient (Wildman–Crippen LogP) is 2.30. The summed E-state index contributed by atoms with van der Waals surface area (Å²) in [6.07, 6.45) is -0.254. The average molecular weight is 306 g/mol. The van der Waals surface area contributed by atoms with Crippen molar-refractivity contribution in [2.24, 2.45) is 0 Å². The van der Waals surface area contributed by atoms with E-state index >= 15 is 0 Å². The zero-order chi connectivity index (χ0) is 16.5. The summed E-state index contributed by atoms with van der Waals surface area (Å²) in [4.78, 5) is 16.1. The third-order valence-electron chi connectivity index (χ3n) is 3.68. The highest BCUT2D eigenvalue weighted by Gasteiger charge is 2.29. The summed E-state index contributed by atoms with van der Waals surface area (Å²) in [5.74, 6) is 0. The van der Waals surface area contributed by atoms with Gasteiger partial charge in [-0.3, -0.25) is 0 Å². The Balaban J connectivity index is 2.03. The van der Waals surface area contributed by atoms with Crippen LogP contribution in [0.2, 0.25) is 0 Å². The highest BCUT2D eigenvalue weighted by molar-refractivity contribution is 5.71. The van der Waals surface area contributed by atoms with Crippen LogP contribution in [-0.2, 0) is 4.74 Å². The number of piperazine rings is 1. The fourth-order valence-electron chi connectivity index (χ4n) is 2.57. The number of amides is 1. The molecule has 6 nitrogen and oxygen atoms in total. The van der Waals surface area contributed by atoms with E-state index in [0.29, 0.717) is 24.5 Å². The van der Waals surface area contributed by atoms with E-state index in [1.807, 2.05) is 39.0 Å². The van der Waals surface area contributed by atoms with Gasteiger partial charge in [0, 0.05) is 31.4 Å². The number of hydrogen-bond donors (Lipinski definition) is 2. The van der Waals surface area contributed by atoms with Crippen LogP contribution in [0, 0.1) is 0 Å². The van der Waals surface area contributed by atoms with Crippen molar-refractivity contribution >= 4 is 23.2 Å². The minimum absolute atomic E-state index is 0.185. The van der Waals surface area contributed by atoms with E-state index in [1.165, 1.54) is 0 Å². The molecular weight excluding hydrogens is 280 g/mol. The molecule has 1 atom stereocenters. The Morgan fingerprint density at radius 2 is 1.91 bits per heavy atom. The topological polar surface area (TPSA) is 84.8 Å². The van der Waals surface area contributed by atoms with Crippen molar-refractivity contribution in [2.75, 3.05) is 36.0 Å². The number of hydrogen-bond acceptors (Lipinski definition) is 5. The van der Waals surface area contributed by atoms with Gasteiger partial charge < -0.3 is 26.0 Å². The second kappa shape index (κ2) is 5.94. The summed E-state index contributed by atoms with van der Waals surface area (Å²) < 4.78 is 5.43. The molecule has 0 spiro atoms. The molecule has 0 aromatic heterocycles. The Kier molecular flexibility index (Phi) is 4.39. The highest BCUT2D eigenvalue weighted by Crippen LogP contribution is 2.26. The second-order valence-electron chi connectivity index (χ2n) is 6.78. The summed E-state index contributed by atoms with van der Waals surface area (Å²) in [6, 6.07) is 5.85. The van der Waals surface area contributed by atoms with E-state index in [9.17, 15) is 4.79 Å². The van der Waals surface area contributed by atoms with Gasteiger partial charge in [0.15, 0.2) is 0 Å². The number of carbonyl (C=O) groups is 1. The molecule has 1 amide bonds. The lowest BCUT2D eigenvalue weighted by Gasteiger charge is -2.41. The Labute approximate surface area is 132 Å². The lowest BCUT2D eigenvalue weighted by Crippen LogP contribution is -2.54. The maximum atomic E-state index is 12.1. The van der Waals surface area contributed by atoms with Crippen LogP contribution in [0.5, 0.6) is 0 Å². The second-order valence-corrected chi connectivity index (χ2v) is 6.78. The molecule has 1 unspecified atom stereocenters. The first kappa shape index (κ1) is 16.3. The molecule has 1 fully saturated rings. The number of rotatable bonds is 1. The fourth-order valence-corrected chi connectivity index (χ4v) is 2.57. The van der Waals surface area contributed by atoms with Gasteiger partial charge in [0.1, 0.15) is 5.60 Å². The summed E-state index contributed by atoms with van der Waals surface area (Å²) in [5, 5.41) is 0. The van der Waals surface area contributed by atoms with Crippen molar-refractivity contribution in [3.05, 3.63) is 18.2 Å². The van der Waals surface area contributed by atoms with Gasteiger partial charge in [0.05, 0.1) is 11.4 Å². The van der Waals surface area contributed by atoms with E-state index in [-0.39, 0.29) is 12.1 Å². The van der Waals surface area contributed by atoms with Crippen LogP contribution in [0.15, 0.2) is 18.2 Å². The third-order valence-corrected chi connectivity index (χ3v) is 3.68. The molecule has 0 saturated carbocycles. The van der Waals surface area contributed by atoms with Crippen LogP contribution >= 0.6 is 0 Å². The van der Waals surface area contributed by atoms with Gasteiger partial charge in [-0.05, 0) is 45.9 Å². The van der Waals surface area contributed by atoms with Gasteiger partial charge in [-0.25, -0.2) is 4.79 Å². The Bertz CT molecular complexity index is 554. The maximum Gasteiger partial charge on any atom is 0.410 e. The zero-order valence-electron chi connectivity index (χ0n) is 13.8. The first-order valence-corrected chi connectivity index (χ1v) is 7.57. The van der Waals surface area contributed by atoms with Gasteiger partial charge in [-0.2, -0.15) is 0 Å². The fraction of sp³-hybridized carbons (Fsp3) is 0.562. The van der Waals surface area contributed by atoms with Crippen molar-refractivity contribution in [3.63, 3.8) is 0 Å². The van der Waals surface area contributed by atoms with E-state index in [0.717, 1.165) is 12.2 Å². The van der Waals surface area contributed by atoms with Crippen molar-refractivity contribution in [3.8, 4) is 0 Å². The third kappa shape index (κ3) is 3.75. The number of carbonyl (C=O) groups excluding carboxylic acids is 1. The van der Waals surface area contributed by atoms with Crippen LogP contribution < -0.4 is 16.4 Å². The van der Waals surface area contributed by atoms with Gasteiger partial charge in [0.2, 0.25) is 0 Å². The molecule has 0 aliphatic carbocycles. The minimum atomic E-state index is -0.469. The van der Waals surface area contributed by atoms with Crippen LogP contribution in [0.4, 0.5) is 21.9 Å². The van der Waals surface area contributed by atoms with E-state index in [1.54, 1.807) is 4.90 Å². The number of ether oxygens (including phenoxy) is 1. The standard InChI is InChI=1S/C16H26N4O2/c1-11-10-19(15(21)22-16(2,3)4)7-8-20(11)12-5-6-13(17)14(18)9-12/h5-6,9,11H,7-8,10,17-18H2,1-4H3. The Morgan fingerprint density at radius 3 is 2.45 bits per heavy atom. The smallest absolute Gasteiger partial charge is 0.410 e. The van der Waals surface area contributed by atoms with Crippen molar-refractivity contribution in [1.82, 2.24) is 4.90 Å². The largest absolute Gasteiger partial charge is 0.444 e. The molecule has 2 rings (SSSR count). The molecule has 1 aromatic rings. The molecule has 4 N–H and O–H groups in total. The SMILES string of the molecule is CC1CN(C(=O)OC(C)(C)C)CCN1c1ccc(N)c(N)c1. The molecular formula is C16H26N4O2. The van der Waals surface area contributed by atoms with Gasteiger partial charge in [0.25, 0.3) is 0 Å². The summed E-state index contributed by atoms with van der Waals surface area (Å²) in [7, 11) is 0. The normalized spacial score (nSPS) is 19.2. The maximum absolute atomic E-state index is 12.1. The van der Waals surface area contributed by atoms with Crippen molar-refractivity contribution in [1.29, 1.82) is 0 Å². The molecule has 0 radical (unpaired) electrons. The lowest BCUT2D eigenvalue weighted by molar-refractivity contribution is 0.0219. The summed E-state index contributed by atoms with van der Waals surface area (Å²) in [6.45, 7) is 9.71. The number of anilines is 3. The van der Waals surface area contributed by atoms with Gasteiger partial charge in [-0.15, -0.1) is 0 Å². The number of benzene rings is 1. The van der Waals surface area contributed by atoms with Crippen LogP contribution in [0.1, 0.15) is 27.7 Å². The Hall–Kier alpha value is -2.11. The molecule has 122 valence electrons. The van der Waals surface area contributed by atoms with E-state index in [4.69, 9.17) is 16.2 Å². The first-order chi connectivity index (χ1) is 10.2. The molecule has 1 aliphatic rings.